The summed E-state index contributed by atoms with van der Waals surface area (Å²) < 4.78 is 0. The molecule has 0 bridgehead atoms. The van der Waals surface area contributed by atoms with Crippen molar-refractivity contribution < 1.29 is 19.2 Å². The van der Waals surface area contributed by atoms with Crippen LogP contribution in [-0.2, 0) is 9.59 Å². The van der Waals surface area contributed by atoms with Crippen molar-refractivity contribution in [3.05, 3.63) is 0 Å². The number of hydrogen-bond donors (Lipinski definition) is 4. The van der Waals surface area contributed by atoms with Crippen LogP contribution in [0.25, 0.3) is 0 Å². The van der Waals surface area contributed by atoms with Crippen LogP contribution in [0, 0.1) is 0 Å². The molecular weight excluding hydrogens is 274 g/mol. The summed E-state index contributed by atoms with van der Waals surface area (Å²) in [4.78, 5) is 43.6. The van der Waals surface area contributed by atoms with Crippen molar-refractivity contribution in [2.75, 3.05) is 13.1 Å². The highest BCUT2D eigenvalue weighted by atomic mass is 16.2. The zero-order valence-corrected chi connectivity index (χ0v) is 11.7. The Bertz CT molecular complexity index is 392. The molecule has 0 aromatic rings. The van der Waals surface area contributed by atoms with Gasteiger partial charge in [-0.3, -0.25) is 19.2 Å². The summed E-state index contributed by atoms with van der Waals surface area (Å²) in [7, 11) is 9.75. The van der Waals surface area contributed by atoms with Crippen molar-refractivity contribution in [2.24, 2.45) is 5.73 Å². The van der Waals surface area contributed by atoms with Gasteiger partial charge in [0.05, 0.1) is 0 Å². The molecule has 0 fully saturated rings. The molecule has 1 unspecified atom stereocenters. The van der Waals surface area contributed by atoms with E-state index in [1.165, 1.54) is 0 Å². The fourth-order valence-corrected chi connectivity index (χ4v) is 1.54. The number of primary amides is 1. The molecule has 112 valence electrons. The maximum atomic E-state index is 11.5. The van der Waals surface area contributed by atoms with Crippen LogP contribution in [0.2, 0.25) is 0 Å². The minimum atomic E-state index is -0.792. The van der Waals surface area contributed by atoms with Gasteiger partial charge >= 0.3 is 0 Å². The van der Waals surface area contributed by atoms with E-state index in [-0.39, 0.29) is 13.0 Å². The molecule has 0 aliphatic heterocycles. The molecule has 5 N–H and O–H groups in total. The van der Waals surface area contributed by atoms with E-state index < -0.39 is 29.5 Å². The number of unbranched alkanes of at least 4 members (excludes halogenated alkanes) is 1. The average molecular weight is 292 g/mol. The molecule has 0 aromatic heterocycles. The van der Waals surface area contributed by atoms with Gasteiger partial charge in [0.25, 0.3) is 0 Å². The Balaban J connectivity index is 3.95. The van der Waals surface area contributed by atoms with E-state index in [2.05, 4.69) is 16.0 Å². The van der Waals surface area contributed by atoms with Gasteiger partial charge in [-0.1, -0.05) is 0 Å². The van der Waals surface area contributed by atoms with Crippen LogP contribution in [0.5, 0.6) is 0 Å². The summed E-state index contributed by atoms with van der Waals surface area (Å²) in [6.45, 7) is 0.465. The van der Waals surface area contributed by atoms with E-state index in [4.69, 9.17) is 21.4 Å². The molecule has 0 spiro atoms. The number of carbonyl (C=O) groups is 4. The summed E-state index contributed by atoms with van der Waals surface area (Å²) in [6.07, 6.45) is 1.53. The first-order valence-electron chi connectivity index (χ1n) is 6.48. The SMILES string of the molecule is [B]C(=O)NCCCCC(NC(=O)CCNC([B])=O)C(N)=O. The van der Waals surface area contributed by atoms with Crippen molar-refractivity contribution in [3.63, 3.8) is 0 Å². The molecule has 0 aliphatic rings. The lowest BCUT2D eigenvalue weighted by Gasteiger charge is -2.15. The molecular formula is C11H18B2N4O4. The van der Waals surface area contributed by atoms with Crippen molar-refractivity contribution >= 4 is 39.1 Å². The van der Waals surface area contributed by atoms with E-state index >= 15 is 0 Å². The summed E-state index contributed by atoms with van der Waals surface area (Å²) in [5.74, 6) is -2.40. The minimum Gasteiger partial charge on any atom is -0.368 e. The van der Waals surface area contributed by atoms with Gasteiger partial charge in [0.2, 0.25) is 11.8 Å². The molecule has 10 heteroatoms. The number of carbonyl (C=O) groups excluding carboxylic acids is 4. The minimum absolute atomic E-state index is 0.00402. The second-order valence-electron chi connectivity index (χ2n) is 4.35. The van der Waals surface area contributed by atoms with Gasteiger partial charge in [-0.15, -0.1) is 0 Å². The molecule has 0 aromatic carbocycles. The highest BCUT2D eigenvalue weighted by Crippen LogP contribution is 2.01. The van der Waals surface area contributed by atoms with Crippen LogP contribution >= 0.6 is 0 Å². The molecule has 0 rings (SSSR count). The molecule has 0 saturated carbocycles. The van der Waals surface area contributed by atoms with Crippen LogP contribution < -0.4 is 21.7 Å². The van der Waals surface area contributed by atoms with Gasteiger partial charge < -0.3 is 21.7 Å². The predicted octanol–water partition coefficient (Wildman–Crippen LogP) is -1.73. The van der Waals surface area contributed by atoms with E-state index in [0.717, 1.165) is 0 Å². The van der Waals surface area contributed by atoms with Gasteiger partial charge in [-0.05, 0) is 19.3 Å². The van der Waals surface area contributed by atoms with Crippen LogP contribution in [0.4, 0.5) is 9.59 Å². The molecule has 21 heavy (non-hydrogen) atoms. The number of hydrogen-bond acceptors (Lipinski definition) is 4. The van der Waals surface area contributed by atoms with Gasteiger partial charge in [0.1, 0.15) is 6.04 Å². The summed E-state index contributed by atoms with van der Waals surface area (Å²) in [6, 6.07) is -0.792. The molecule has 1 atom stereocenters. The van der Waals surface area contributed by atoms with E-state index in [1.54, 1.807) is 0 Å². The molecule has 4 amide bonds. The first-order chi connectivity index (χ1) is 9.82. The number of nitrogens with one attached hydrogen (secondary N) is 3. The van der Waals surface area contributed by atoms with Crippen LogP contribution in [0.1, 0.15) is 25.7 Å². The number of amides is 4. The Morgan fingerprint density at radius 2 is 1.52 bits per heavy atom. The van der Waals surface area contributed by atoms with Crippen LogP contribution in [0.15, 0.2) is 0 Å². The maximum absolute atomic E-state index is 11.5. The summed E-state index contributed by atoms with van der Waals surface area (Å²) >= 11 is 0. The second kappa shape index (κ2) is 10.8. The number of rotatable bonds is 10. The largest absolute Gasteiger partial charge is 0.368 e. The van der Waals surface area contributed by atoms with Gasteiger partial charge in [-0.2, -0.15) is 0 Å². The fraction of sp³-hybridized carbons (Fsp3) is 0.636. The van der Waals surface area contributed by atoms with Crippen molar-refractivity contribution in [3.8, 4) is 0 Å². The average Bonchev–Trinajstić information content (AvgIpc) is 2.35. The monoisotopic (exact) mass is 292 g/mol. The molecule has 0 aliphatic carbocycles. The first-order valence-corrected chi connectivity index (χ1v) is 6.48. The van der Waals surface area contributed by atoms with E-state index in [1.807, 2.05) is 0 Å². The second-order valence-corrected chi connectivity index (χ2v) is 4.35. The third-order valence-electron chi connectivity index (χ3n) is 2.55. The van der Waals surface area contributed by atoms with Crippen molar-refractivity contribution in [1.29, 1.82) is 0 Å². The number of nitrogens with two attached hydrogens (primary N) is 1. The highest BCUT2D eigenvalue weighted by Gasteiger charge is 2.17. The Kier molecular flexibility index (Phi) is 9.74. The summed E-state index contributed by atoms with van der Waals surface area (Å²) in [5.41, 5.74) is 5.19. The topological polar surface area (TPSA) is 130 Å². The molecule has 0 saturated heterocycles. The van der Waals surface area contributed by atoms with Crippen LogP contribution in [-0.4, -0.2) is 58.3 Å². The Morgan fingerprint density at radius 1 is 0.952 bits per heavy atom. The molecule has 4 radical (unpaired) electrons. The van der Waals surface area contributed by atoms with Crippen molar-refractivity contribution in [2.45, 2.75) is 31.7 Å². The first kappa shape index (κ1) is 19.0. The third-order valence-corrected chi connectivity index (χ3v) is 2.55. The summed E-state index contributed by atoms with van der Waals surface area (Å²) in [5, 5.41) is 7.14. The highest BCUT2D eigenvalue weighted by molar-refractivity contribution is 6.57. The Labute approximate surface area is 125 Å². The molecule has 0 heterocycles. The van der Waals surface area contributed by atoms with Crippen LogP contribution in [0.3, 0.4) is 0 Å². The predicted molar refractivity (Wildman–Crippen MR) is 77.9 cm³/mol. The van der Waals surface area contributed by atoms with E-state index in [9.17, 15) is 19.2 Å². The lowest BCUT2D eigenvalue weighted by atomic mass is 10.1. The lowest BCUT2D eigenvalue weighted by molar-refractivity contribution is -0.127. The lowest BCUT2D eigenvalue weighted by Crippen LogP contribution is -2.45. The van der Waals surface area contributed by atoms with Gasteiger partial charge in [0.15, 0.2) is 27.3 Å². The maximum Gasteiger partial charge on any atom is 0.239 e. The van der Waals surface area contributed by atoms with E-state index in [0.29, 0.717) is 25.8 Å². The molecule has 8 nitrogen and oxygen atoms in total. The Hall–Kier alpha value is -1.99. The standard InChI is InChI=1S/C11H18B2N4O4/c12-10(20)15-5-2-1-3-7(9(14)19)17-8(18)4-6-16-11(13)21/h7H,1-6H2,(H2,14,19)(H,15,20)(H,16,21)(H,17,18). The smallest absolute Gasteiger partial charge is 0.239 e. The van der Waals surface area contributed by atoms with Gasteiger partial charge in [-0.25, -0.2) is 0 Å². The third kappa shape index (κ3) is 11.5. The Morgan fingerprint density at radius 3 is 2.05 bits per heavy atom. The zero-order valence-electron chi connectivity index (χ0n) is 11.7. The quantitative estimate of drug-likeness (QED) is 0.281. The van der Waals surface area contributed by atoms with Crippen molar-refractivity contribution in [1.82, 2.24) is 16.0 Å². The zero-order chi connectivity index (χ0) is 16.3. The fourth-order valence-electron chi connectivity index (χ4n) is 1.54. The van der Waals surface area contributed by atoms with Gasteiger partial charge in [0, 0.05) is 19.5 Å². The normalized spacial score (nSPS) is 11.2.